The molecule has 0 saturated heterocycles. The summed E-state index contributed by atoms with van der Waals surface area (Å²) in [7, 11) is 0. The molecule has 3 unspecified atom stereocenters. The highest BCUT2D eigenvalue weighted by molar-refractivity contribution is 6.15. The van der Waals surface area contributed by atoms with Crippen LogP contribution in [-0.4, -0.2) is 89.4 Å². The van der Waals surface area contributed by atoms with Crippen molar-refractivity contribution in [3.05, 3.63) is 86.9 Å². The summed E-state index contributed by atoms with van der Waals surface area (Å²) >= 11 is 0. The summed E-state index contributed by atoms with van der Waals surface area (Å²) in [6, 6.07) is 6.01. The van der Waals surface area contributed by atoms with Crippen LogP contribution >= 0.6 is 0 Å². The number of allylic oxidation sites excluding steroid dienone is 1. The van der Waals surface area contributed by atoms with E-state index in [0.717, 1.165) is 88.9 Å². The maximum Gasteiger partial charge on any atom is 0.354 e. The first-order valence-electron chi connectivity index (χ1n) is 18.1. The molecule has 9 rings (SSSR count). The quantitative estimate of drug-likeness (QED) is 0.190. The Balaban J connectivity index is 0.931. The molecule has 1 amide bonds. The number of guanidine groups is 1. The number of hydrogen-bond acceptors (Lipinski definition) is 10. The van der Waals surface area contributed by atoms with Crippen molar-refractivity contribution in [2.75, 3.05) is 18.4 Å². The Labute approximate surface area is 304 Å². The maximum atomic E-state index is 13.7. The van der Waals surface area contributed by atoms with Gasteiger partial charge in [-0.3, -0.25) is 25.0 Å². The van der Waals surface area contributed by atoms with Gasteiger partial charge in [0.25, 0.3) is 5.91 Å². The molecule has 2 aliphatic carbocycles. The van der Waals surface area contributed by atoms with Crippen LogP contribution < -0.4 is 16.0 Å². The number of aromatic carboxylic acids is 1. The summed E-state index contributed by atoms with van der Waals surface area (Å²) in [5.41, 5.74) is 10.3. The van der Waals surface area contributed by atoms with E-state index < -0.39 is 24.0 Å². The van der Waals surface area contributed by atoms with Crippen molar-refractivity contribution < 1.29 is 29.2 Å². The van der Waals surface area contributed by atoms with Crippen LogP contribution in [0.15, 0.2) is 47.1 Å². The lowest BCUT2D eigenvalue weighted by Gasteiger charge is -2.31. The number of aliphatic imine (C=N–C) groups is 1. The molecule has 7 heterocycles. The van der Waals surface area contributed by atoms with Crippen LogP contribution in [0.5, 0.6) is 0 Å². The van der Waals surface area contributed by atoms with Gasteiger partial charge in [-0.1, -0.05) is 12.1 Å². The van der Waals surface area contributed by atoms with Crippen molar-refractivity contribution in [1.82, 2.24) is 30.6 Å². The average molecular weight is 713 g/mol. The van der Waals surface area contributed by atoms with Crippen molar-refractivity contribution in [3.63, 3.8) is 0 Å². The molecule has 14 heteroatoms. The summed E-state index contributed by atoms with van der Waals surface area (Å²) in [4.78, 5) is 60.5. The number of carboxylic acids is 2. The number of fused-ring (bicyclic) bond motifs is 7. The summed E-state index contributed by atoms with van der Waals surface area (Å²) in [6.07, 6.45) is 8.79. The summed E-state index contributed by atoms with van der Waals surface area (Å²) in [6.45, 7) is 5.59. The second-order valence-electron chi connectivity index (χ2n) is 14.5. The number of aromatic nitrogens is 4. The Hall–Kier alpha value is -6.05. The number of rotatable bonds is 5. The molecule has 14 nitrogen and oxygen atoms in total. The number of aliphatic carboxylic acids is 1. The zero-order valence-corrected chi connectivity index (χ0v) is 29.4. The molecule has 3 atom stereocenters. The van der Waals surface area contributed by atoms with E-state index in [1.54, 1.807) is 6.07 Å². The van der Waals surface area contributed by atoms with Gasteiger partial charge >= 0.3 is 17.9 Å². The van der Waals surface area contributed by atoms with E-state index in [1.165, 1.54) is 0 Å². The van der Waals surface area contributed by atoms with Crippen LogP contribution in [-0.2, 0) is 28.9 Å². The highest BCUT2D eigenvalue weighted by Gasteiger charge is 2.37. The molecule has 0 bridgehead atoms. The number of aryl methyl sites for hydroxylation is 4. The number of nitrogens with zero attached hydrogens (tertiary/aromatic N) is 6. The second kappa shape index (κ2) is 12.6. The van der Waals surface area contributed by atoms with Gasteiger partial charge in [-0.25, -0.2) is 29.5 Å². The molecule has 268 valence electrons. The minimum Gasteiger partial charge on any atom is -0.480 e. The van der Waals surface area contributed by atoms with Crippen LogP contribution in [0.25, 0.3) is 22.4 Å². The van der Waals surface area contributed by atoms with Crippen molar-refractivity contribution in [1.29, 1.82) is 0 Å². The Morgan fingerprint density at radius 3 is 2.55 bits per heavy atom. The Bertz CT molecular complexity index is 2400. The number of carboxylic acid groups (broad SMARTS) is 2. The van der Waals surface area contributed by atoms with Gasteiger partial charge in [0.05, 0.1) is 35.9 Å². The lowest BCUT2D eigenvalue weighted by atomic mass is 9.85. The number of amides is 1. The molecular weight excluding hydrogens is 674 g/mol. The Morgan fingerprint density at radius 2 is 1.72 bits per heavy atom. The number of hydrogen-bond donors (Lipinski definition) is 5. The zero-order valence-electron chi connectivity index (χ0n) is 29.4. The van der Waals surface area contributed by atoms with Crippen LogP contribution in [0.4, 0.5) is 5.82 Å². The van der Waals surface area contributed by atoms with Gasteiger partial charge in [-0.2, -0.15) is 0 Å². The monoisotopic (exact) mass is 712 g/mol. The minimum atomic E-state index is -1.07. The van der Waals surface area contributed by atoms with E-state index in [1.807, 2.05) is 31.3 Å². The molecule has 5 N–H and O–H groups in total. The van der Waals surface area contributed by atoms with Gasteiger partial charge in [0.15, 0.2) is 17.7 Å². The molecule has 5 aliphatic rings. The van der Waals surface area contributed by atoms with E-state index in [0.29, 0.717) is 53.6 Å². The fraction of sp³-hybridized carbons (Fsp3) is 0.359. The number of dihydropyridines is 1. The third kappa shape index (κ3) is 5.69. The Morgan fingerprint density at radius 1 is 0.906 bits per heavy atom. The first-order valence-corrected chi connectivity index (χ1v) is 18.1. The number of nitrogens with one attached hydrogen (secondary N) is 3. The first kappa shape index (κ1) is 32.8. The van der Waals surface area contributed by atoms with E-state index >= 15 is 0 Å². The third-order valence-electron chi connectivity index (χ3n) is 11.3. The number of carbonyl (C=O) groups excluding carboxylic acids is 1. The zero-order chi connectivity index (χ0) is 36.5. The summed E-state index contributed by atoms with van der Waals surface area (Å²) in [5, 5.41) is 30.2. The van der Waals surface area contributed by atoms with Gasteiger partial charge < -0.3 is 15.5 Å². The summed E-state index contributed by atoms with van der Waals surface area (Å²) in [5.74, 6) is -0.999. The molecule has 3 aliphatic heterocycles. The maximum absolute atomic E-state index is 13.7. The molecular formula is C39H38N9O5+. The Kier molecular flexibility index (Phi) is 7.78. The highest BCUT2D eigenvalue weighted by Crippen LogP contribution is 2.36. The van der Waals surface area contributed by atoms with E-state index in [4.69, 9.17) is 15.0 Å². The smallest absolute Gasteiger partial charge is 0.354 e. The van der Waals surface area contributed by atoms with Crippen LogP contribution in [0, 0.1) is 13.8 Å². The molecule has 0 fully saturated rings. The normalized spacial score (nSPS) is 21.4. The lowest BCUT2D eigenvalue weighted by Crippen LogP contribution is -2.60. The van der Waals surface area contributed by atoms with Gasteiger partial charge in [0, 0.05) is 30.0 Å². The molecule has 0 aromatic carbocycles. The minimum absolute atomic E-state index is 0.00241. The molecule has 4 aromatic heterocycles. The molecule has 53 heavy (non-hydrogen) atoms. The van der Waals surface area contributed by atoms with Crippen molar-refractivity contribution in [3.8, 4) is 11.4 Å². The fourth-order valence-corrected chi connectivity index (χ4v) is 8.35. The molecule has 4 aromatic rings. The SMILES string of the molecule is Cc1cc(NC(=O)C2CC[N+]3=C(N2)NC(c2cnc4nc5c(cc4c2C)CCc2ccc(C(=O)O)nc2-5)CC3)nc2c1CCC1=CCC(C(=O)O)N=C12. The van der Waals surface area contributed by atoms with Crippen LogP contribution in [0.3, 0.4) is 0 Å². The highest BCUT2D eigenvalue weighted by atomic mass is 16.4. The standard InChI is InChI=1S/C39H37N9O5/c1-18-15-30(45-34-23(18)8-5-21-7-10-29(38(52)53)42-32(21)34)46-36(49)27-12-14-48-13-11-26(43-39(48)44-27)25-17-40-35-24(19(25)2)16-22-4-3-20-6-9-28(37(50)51)41-31(20)33(22)47-35/h6-7,9,15-17,26-27,29H,3-5,8,10-14H2,1-2H3,(H4,43,44,45,46,49,50,51,52,53)/p+1. The third-order valence-corrected chi connectivity index (χ3v) is 11.3. The van der Waals surface area contributed by atoms with E-state index in [9.17, 15) is 24.6 Å². The predicted octanol–water partition coefficient (Wildman–Crippen LogP) is 3.42. The van der Waals surface area contributed by atoms with E-state index in [-0.39, 0.29) is 17.6 Å². The number of anilines is 1. The van der Waals surface area contributed by atoms with Gasteiger partial charge in [-0.05, 0) is 97.5 Å². The van der Waals surface area contributed by atoms with Gasteiger partial charge in [0.2, 0.25) is 0 Å². The number of carbonyl (C=O) groups is 3. The van der Waals surface area contributed by atoms with Gasteiger partial charge in [0.1, 0.15) is 17.6 Å². The van der Waals surface area contributed by atoms with Crippen molar-refractivity contribution >= 4 is 46.4 Å². The lowest BCUT2D eigenvalue weighted by molar-refractivity contribution is -0.542. The largest absolute Gasteiger partial charge is 0.480 e. The van der Waals surface area contributed by atoms with Crippen molar-refractivity contribution in [2.45, 2.75) is 76.9 Å². The van der Waals surface area contributed by atoms with Crippen LogP contribution in [0.2, 0.25) is 0 Å². The molecule has 0 spiro atoms. The van der Waals surface area contributed by atoms with Crippen LogP contribution in [0.1, 0.15) is 81.3 Å². The predicted molar refractivity (Wildman–Crippen MR) is 195 cm³/mol. The topological polar surface area (TPSA) is 195 Å². The average Bonchev–Trinajstić information content (AvgIpc) is 3.16. The van der Waals surface area contributed by atoms with Gasteiger partial charge in [-0.15, -0.1) is 0 Å². The summed E-state index contributed by atoms with van der Waals surface area (Å²) < 4.78 is 2.23. The second-order valence-corrected chi connectivity index (χ2v) is 14.5. The van der Waals surface area contributed by atoms with E-state index in [2.05, 4.69) is 43.5 Å². The fourth-order valence-electron chi connectivity index (χ4n) is 8.35. The molecule has 0 radical (unpaired) electrons. The van der Waals surface area contributed by atoms with Crippen molar-refractivity contribution in [2.24, 2.45) is 4.99 Å². The number of pyridine rings is 4. The first-order chi connectivity index (χ1) is 25.6. The molecule has 0 saturated carbocycles.